The number of hydrogen-bond acceptors (Lipinski definition) is 6. The second-order valence-corrected chi connectivity index (χ2v) is 8.16. The van der Waals surface area contributed by atoms with Crippen LogP contribution in [0.3, 0.4) is 0 Å². The van der Waals surface area contributed by atoms with Crippen molar-refractivity contribution >= 4 is 40.0 Å². The number of alkyl halides is 3. The van der Waals surface area contributed by atoms with E-state index in [2.05, 4.69) is 20.6 Å². The Labute approximate surface area is 201 Å². The first-order chi connectivity index (χ1) is 17.7. The topological polar surface area (TPSA) is 123 Å². The van der Waals surface area contributed by atoms with Gasteiger partial charge < -0.3 is 20.5 Å². The van der Waals surface area contributed by atoms with E-state index in [-0.39, 0.29) is 45.6 Å². The molecule has 0 aromatic carbocycles. The molecule has 1 aliphatic carbocycles. The predicted molar refractivity (Wildman–Crippen MR) is 123 cm³/mol. The van der Waals surface area contributed by atoms with Crippen LogP contribution in [0.5, 0.6) is 0 Å². The molecule has 10 nitrogen and oxygen atoms in total. The van der Waals surface area contributed by atoms with Crippen molar-refractivity contribution in [1.29, 1.82) is 0 Å². The van der Waals surface area contributed by atoms with E-state index in [0.29, 0.717) is 11.1 Å². The SMILES string of the molecule is [2H]C([2H])([2H])NC(=O)c1cnc(NC(=O)C2CC2)cc1Nc1cn(CC)c2ncn([C@H](C)C(F)(F)F)c(=O)c12. The Morgan fingerprint density at radius 3 is 2.66 bits per heavy atom. The van der Waals surface area contributed by atoms with Crippen molar-refractivity contribution < 1.29 is 26.9 Å². The van der Waals surface area contributed by atoms with Crippen molar-refractivity contribution in [1.82, 2.24) is 24.4 Å². The lowest BCUT2D eigenvalue weighted by Crippen LogP contribution is -2.32. The Bertz CT molecular complexity index is 1460. The third kappa shape index (κ3) is 4.70. The molecule has 3 N–H and O–H groups in total. The molecule has 0 spiro atoms. The number of amides is 2. The van der Waals surface area contributed by atoms with Gasteiger partial charge in [-0.25, -0.2) is 9.97 Å². The molecular weight excluding hydrogens is 467 g/mol. The van der Waals surface area contributed by atoms with E-state index in [1.165, 1.54) is 16.8 Å². The number of carbonyl (C=O) groups excluding carboxylic acids is 2. The molecule has 0 unspecified atom stereocenters. The normalized spacial score (nSPS) is 16.2. The maximum atomic E-state index is 13.4. The number of hydrogen-bond donors (Lipinski definition) is 3. The van der Waals surface area contributed by atoms with Gasteiger partial charge in [0, 0.05) is 42.0 Å². The number of pyridine rings is 1. The van der Waals surface area contributed by atoms with Crippen LogP contribution in [0.2, 0.25) is 0 Å². The third-order valence-corrected chi connectivity index (χ3v) is 5.77. The molecule has 1 aliphatic rings. The highest BCUT2D eigenvalue weighted by atomic mass is 19.4. The fourth-order valence-corrected chi connectivity index (χ4v) is 3.56. The molecule has 13 heteroatoms. The minimum absolute atomic E-state index is 0.0247. The molecule has 0 radical (unpaired) electrons. The maximum Gasteiger partial charge on any atom is 0.409 e. The van der Waals surface area contributed by atoms with Crippen LogP contribution in [-0.2, 0) is 11.3 Å². The minimum atomic E-state index is -4.71. The quantitative estimate of drug-likeness (QED) is 0.464. The lowest BCUT2D eigenvalue weighted by molar-refractivity contribution is -0.163. The molecule has 1 saturated carbocycles. The van der Waals surface area contributed by atoms with Gasteiger partial charge in [-0.05, 0) is 26.7 Å². The zero-order valence-corrected chi connectivity index (χ0v) is 18.7. The highest BCUT2D eigenvalue weighted by molar-refractivity contribution is 6.03. The summed E-state index contributed by atoms with van der Waals surface area (Å²) in [5.74, 6) is -1.41. The van der Waals surface area contributed by atoms with Gasteiger partial charge in [-0.2, -0.15) is 13.2 Å². The predicted octanol–water partition coefficient (Wildman–Crippen LogP) is 3.19. The molecule has 0 bridgehead atoms. The number of nitrogens with zero attached hydrogens (tertiary/aromatic N) is 4. The molecule has 2 amide bonds. The first-order valence-electron chi connectivity index (χ1n) is 12.3. The van der Waals surface area contributed by atoms with Gasteiger partial charge in [0.15, 0.2) is 0 Å². The summed E-state index contributed by atoms with van der Waals surface area (Å²) in [7, 11) is 0. The van der Waals surface area contributed by atoms with Gasteiger partial charge in [0.2, 0.25) is 5.91 Å². The molecule has 1 fully saturated rings. The van der Waals surface area contributed by atoms with E-state index in [0.717, 1.165) is 32.3 Å². The smallest absolute Gasteiger partial charge is 0.355 e. The molecule has 35 heavy (non-hydrogen) atoms. The summed E-state index contributed by atoms with van der Waals surface area (Å²) in [6, 6.07) is -0.882. The summed E-state index contributed by atoms with van der Waals surface area (Å²) in [6.07, 6.45) is 0.0554. The van der Waals surface area contributed by atoms with Crippen molar-refractivity contribution in [2.24, 2.45) is 5.92 Å². The van der Waals surface area contributed by atoms with Crippen molar-refractivity contribution in [3.8, 4) is 0 Å². The molecule has 3 aromatic heterocycles. The second kappa shape index (κ2) is 9.04. The number of nitrogens with one attached hydrogen (secondary N) is 3. The third-order valence-electron chi connectivity index (χ3n) is 5.77. The van der Waals surface area contributed by atoms with Crippen LogP contribution >= 0.6 is 0 Å². The van der Waals surface area contributed by atoms with E-state index < -0.39 is 30.7 Å². The van der Waals surface area contributed by atoms with E-state index in [4.69, 9.17) is 4.11 Å². The Kier molecular flexibility index (Phi) is 5.29. The number of aryl methyl sites for hydroxylation is 1. The fourth-order valence-electron chi connectivity index (χ4n) is 3.56. The summed E-state index contributed by atoms with van der Waals surface area (Å²) in [5.41, 5.74) is -1.12. The van der Waals surface area contributed by atoms with E-state index in [1.54, 1.807) is 6.92 Å². The highest BCUT2D eigenvalue weighted by Crippen LogP contribution is 2.33. The Balaban J connectivity index is 1.83. The number of fused-ring (bicyclic) bond motifs is 1. The molecule has 1 atom stereocenters. The zero-order chi connectivity index (χ0) is 28.0. The second-order valence-electron chi connectivity index (χ2n) is 8.16. The van der Waals surface area contributed by atoms with Crippen LogP contribution in [0.25, 0.3) is 11.0 Å². The standard InChI is InChI=1S/C22H24F3N7O3/c1-4-31-9-15(17-18(31)28-10-32(21(17)35)11(2)22(23,24)25)29-14-7-16(30-19(33)12-5-6-12)27-8-13(14)20(34)26-3/h7-12H,4-6H2,1-3H3,(H,26,34)(H2,27,29,30,33)/t11-/m1/s1/i3D3. The van der Waals surface area contributed by atoms with E-state index in [1.807, 2.05) is 5.32 Å². The molecule has 3 heterocycles. The van der Waals surface area contributed by atoms with Gasteiger partial charge in [-0.3, -0.25) is 19.0 Å². The minimum Gasteiger partial charge on any atom is -0.355 e. The van der Waals surface area contributed by atoms with Crippen LogP contribution in [0.15, 0.2) is 29.6 Å². The summed E-state index contributed by atoms with van der Waals surface area (Å²) >= 11 is 0. The summed E-state index contributed by atoms with van der Waals surface area (Å²) in [5, 5.41) is 7.13. The van der Waals surface area contributed by atoms with Crippen LogP contribution in [-0.4, -0.2) is 44.1 Å². The molecule has 0 aliphatic heterocycles. The summed E-state index contributed by atoms with van der Waals surface area (Å²) in [6.45, 7) is 0.0570. The van der Waals surface area contributed by atoms with Crippen molar-refractivity contribution in [3.63, 3.8) is 0 Å². The van der Waals surface area contributed by atoms with Gasteiger partial charge in [-0.15, -0.1) is 0 Å². The fraction of sp³-hybridized carbons (Fsp3) is 0.409. The number of anilines is 3. The monoisotopic (exact) mass is 494 g/mol. The van der Waals surface area contributed by atoms with Crippen molar-refractivity contribution in [3.05, 3.63) is 40.7 Å². The van der Waals surface area contributed by atoms with Gasteiger partial charge >= 0.3 is 6.18 Å². The average molecular weight is 494 g/mol. The van der Waals surface area contributed by atoms with Gasteiger partial charge in [0.1, 0.15) is 29.2 Å². The number of rotatable bonds is 7. The average Bonchev–Trinajstić information content (AvgIpc) is 3.60. The first-order valence-corrected chi connectivity index (χ1v) is 10.8. The largest absolute Gasteiger partial charge is 0.409 e. The molecular formula is C22H24F3N7O3. The Morgan fingerprint density at radius 1 is 1.29 bits per heavy atom. The van der Waals surface area contributed by atoms with Crippen LogP contribution in [0, 0.1) is 5.92 Å². The lowest BCUT2D eigenvalue weighted by Gasteiger charge is -2.18. The molecule has 186 valence electrons. The van der Waals surface area contributed by atoms with Crippen molar-refractivity contribution in [2.75, 3.05) is 17.6 Å². The van der Waals surface area contributed by atoms with Gasteiger partial charge in [-0.1, -0.05) is 0 Å². The molecule has 3 aromatic rings. The lowest BCUT2D eigenvalue weighted by atomic mass is 10.2. The first kappa shape index (κ1) is 20.5. The number of carbonyl (C=O) groups is 2. The zero-order valence-electron chi connectivity index (χ0n) is 21.7. The maximum absolute atomic E-state index is 13.4. The summed E-state index contributed by atoms with van der Waals surface area (Å²) < 4.78 is 64.1. The van der Waals surface area contributed by atoms with E-state index in [9.17, 15) is 27.6 Å². The Morgan fingerprint density at radius 2 is 2.03 bits per heavy atom. The summed E-state index contributed by atoms with van der Waals surface area (Å²) in [4.78, 5) is 46.2. The van der Waals surface area contributed by atoms with Crippen LogP contribution in [0.4, 0.5) is 30.4 Å². The Hall–Kier alpha value is -3.90. The van der Waals surface area contributed by atoms with Gasteiger partial charge in [0.25, 0.3) is 11.5 Å². The van der Waals surface area contributed by atoms with Crippen molar-refractivity contribution in [2.45, 2.75) is 45.5 Å². The van der Waals surface area contributed by atoms with Gasteiger partial charge in [0.05, 0.1) is 16.9 Å². The van der Waals surface area contributed by atoms with Crippen LogP contribution in [0.1, 0.15) is 47.2 Å². The molecule has 4 rings (SSSR count). The molecule has 0 saturated heterocycles. The van der Waals surface area contributed by atoms with Crippen LogP contribution < -0.4 is 21.5 Å². The highest BCUT2D eigenvalue weighted by Gasteiger charge is 2.38. The number of aromatic nitrogens is 4. The van der Waals surface area contributed by atoms with E-state index >= 15 is 0 Å². The number of halogens is 3.